The fourth-order valence-electron chi connectivity index (χ4n) is 7.79. The first-order chi connectivity index (χ1) is 21.4. The van der Waals surface area contributed by atoms with Gasteiger partial charge in [0.2, 0.25) is 5.78 Å². The van der Waals surface area contributed by atoms with Gasteiger partial charge < -0.3 is 25.2 Å². The number of amides is 2. The summed E-state index contributed by atoms with van der Waals surface area (Å²) in [5.74, 6) is -0.0905. The average molecular weight is 637 g/mol. The predicted octanol–water partition coefficient (Wildman–Crippen LogP) is 6.93. The number of allylic oxidation sites excluding steroid dienone is 2. The van der Waals surface area contributed by atoms with Crippen LogP contribution in [-0.4, -0.2) is 70.5 Å². The second kappa shape index (κ2) is 14.1. The monoisotopic (exact) mass is 636 g/mol. The summed E-state index contributed by atoms with van der Waals surface area (Å²) in [6, 6.07) is 9.80. The molecular formula is C37H52N2O5S. The molecule has 5 atom stereocenters. The van der Waals surface area contributed by atoms with Crippen LogP contribution in [0.1, 0.15) is 116 Å². The number of ether oxygens (including phenoxy) is 1. The van der Waals surface area contributed by atoms with Crippen molar-refractivity contribution in [3.63, 3.8) is 0 Å². The minimum Gasteiger partial charge on any atom is -0.393 e. The van der Waals surface area contributed by atoms with Gasteiger partial charge in [0.15, 0.2) is 0 Å². The highest BCUT2D eigenvalue weighted by Gasteiger charge is 2.57. The minimum absolute atomic E-state index is 0.00335. The molecule has 2 bridgehead atoms. The maximum Gasteiger partial charge on any atom is 0.317 e. The number of aryl methyl sites for hydroxylation is 1. The number of carbonyl (C=O) groups is 2. The van der Waals surface area contributed by atoms with Gasteiger partial charge in [0.25, 0.3) is 0 Å². The number of hydrogen-bond acceptors (Lipinski definition) is 6. The van der Waals surface area contributed by atoms with Gasteiger partial charge >= 0.3 is 6.03 Å². The van der Waals surface area contributed by atoms with Crippen molar-refractivity contribution in [2.75, 3.05) is 19.7 Å². The Bertz CT molecular complexity index is 1390. The van der Waals surface area contributed by atoms with Crippen LogP contribution in [0, 0.1) is 12.3 Å². The number of hydrogen-bond donors (Lipinski definition) is 3. The van der Waals surface area contributed by atoms with Crippen LogP contribution < -0.4 is 5.32 Å². The van der Waals surface area contributed by atoms with E-state index >= 15 is 0 Å². The van der Waals surface area contributed by atoms with Crippen molar-refractivity contribution in [3.05, 3.63) is 68.4 Å². The number of aliphatic hydroxyl groups is 2. The lowest BCUT2D eigenvalue weighted by Crippen LogP contribution is -2.57. The second-order valence-electron chi connectivity index (χ2n) is 14.3. The Balaban J connectivity index is 1.57. The molecule has 3 N–H and O–H groups in total. The summed E-state index contributed by atoms with van der Waals surface area (Å²) in [7, 11) is 0. The van der Waals surface area contributed by atoms with E-state index in [2.05, 4.69) is 37.4 Å². The number of rotatable bonds is 7. The zero-order chi connectivity index (χ0) is 32.4. The van der Waals surface area contributed by atoms with Crippen LogP contribution in [0.2, 0.25) is 0 Å². The minimum atomic E-state index is -1.17. The van der Waals surface area contributed by atoms with Gasteiger partial charge in [-0.1, -0.05) is 30.7 Å². The molecule has 0 radical (unpaired) electrons. The topological polar surface area (TPSA) is 99.1 Å². The van der Waals surface area contributed by atoms with Gasteiger partial charge in [-0.15, -0.1) is 11.3 Å². The Hall–Kier alpha value is -2.52. The molecule has 1 aromatic heterocycles. The van der Waals surface area contributed by atoms with Crippen LogP contribution >= 0.6 is 11.3 Å². The van der Waals surface area contributed by atoms with Crippen LogP contribution in [0.25, 0.3) is 0 Å². The van der Waals surface area contributed by atoms with Crippen molar-refractivity contribution in [1.82, 2.24) is 10.2 Å². The normalized spacial score (nSPS) is 28.9. The summed E-state index contributed by atoms with van der Waals surface area (Å²) in [6.45, 7) is 11.6. The first-order valence-electron chi connectivity index (χ1n) is 16.9. The lowest BCUT2D eigenvalue weighted by molar-refractivity contribution is -0.0808. The van der Waals surface area contributed by atoms with Gasteiger partial charge in [0.05, 0.1) is 29.2 Å². The molecule has 1 aromatic carbocycles. The van der Waals surface area contributed by atoms with E-state index in [0.29, 0.717) is 55.7 Å². The summed E-state index contributed by atoms with van der Waals surface area (Å²) in [6.07, 6.45) is 8.28. The largest absolute Gasteiger partial charge is 0.393 e. The number of carbonyl (C=O) groups excluding carboxylic acids is 2. The Morgan fingerprint density at radius 3 is 2.62 bits per heavy atom. The maximum absolute atomic E-state index is 14.1. The fraction of sp³-hybridized carbons (Fsp3) is 0.622. The smallest absolute Gasteiger partial charge is 0.317 e. The average Bonchev–Trinajstić information content (AvgIpc) is 3.71. The van der Waals surface area contributed by atoms with Crippen molar-refractivity contribution in [2.24, 2.45) is 5.41 Å². The van der Waals surface area contributed by atoms with E-state index in [-0.39, 0.29) is 36.4 Å². The number of ketones is 1. The molecule has 6 rings (SSSR count). The standard InChI is InChI=1S/C37H52N2O5S/c1-24(2)38-35(42)39(22-29-9-7-19-44-29)23-37(43)18-16-32-30-14-12-27(21-31(30)34(41)33-15-11-26(4)45-33)20-28(40)13-10-25(3)8-6-17-36(32,37)5/h8,11-12,14-15,21,24,28-29,32,40,43H,6-7,9-10,13,16-20,22-23H2,1-5H3,(H,38,42). The van der Waals surface area contributed by atoms with Crippen LogP contribution in [0.4, 0.5) is 4.79 Å². The van der Waals surface area contributed by atoms with Gasteiger partial charge in [-0.25, -0.2) is 4.79 Å². The lowest BCUT2D eigenvalue weighted by atomic mass is 9.64. The first-order valence-corrected chi connectivity index (χ1v) is 17.7. The Morgan fingerprint density at radius 2 is 1.93 bits per heavy atom. The van der Waals surface area contributed by atoms with Crippen LogP contribution in [0.5, 0.6) is 0 Å². The number of benzene rings is 1. The number of nitrogens with zero attached hydrogens (tertiary/aromatic N) is 1. The molecule has 8 heteroatoms. The first kappa shape index (κ1) is 33.8. The molecule has 3 aliphatic carbocycles. The Kier molecular flexibility index (Phi) is 10.6. The number of nitrogens with one attached hydrogen (secondary N) is 1. The van der Waals surface area contributed by atoms with E-state index in [1.54, 1.807) is 4.90 Å². The van der Waals surface area contributed by atoms with Crippen molar-refractivity contribution >= 4 is 23.2 Å². The van der Waals surface area contributed by atoms with Gasteiger partial charge in [-0.3, -0.25) is 4.79 Å². The number of thiophene rings is 1. The highest BCUT2D eigenvalue weighted by atomic mass is 32.1. The van der Waals surface area contributed by atoms with E-state index in [1.165, 1.54) is 16.9 Å². The summed E-state index contributed by atoms with van der Waals surface area (Å²) < 4.78 is 5.94. The predicted molar refractivity (Wildman–Crippen MR) is 180 cm³/mol. The molecule has 246 valence electrons. The SMILES string of the molecule is CC1=CCCC2(C)C(CCC2(O)CN(CC2CCCO2)C(=O)NC(C)C)c2ccc(cc2C(=O)c2ccc(C)s2)CC(O)CC1. The molecule has 2 heterocycles. The molecule has 2 amide bonds. The van der Waals surface area contributed by atoms with Gasteiger partial charge in [0.1, 0.15) is 0 Å². The van der Waals surface area contributed by atoms with Crippen molar-refractivity contribution < 1.29 is 24.5 Å². The molecular weight excluding hydrogens is 584 g/mol. The summed E-state index contributed by atoms with van der Waals surface area (Å²) in [5, 5.41) is 26.7. The van der Waals surface area contributed by atoms with Gasteiger partial charge in [0, 0.05) is 35.0 Å². The van der Waals surface area contributed by atoms with E-state index < -0.39 is 17.1 Å². The maximum atomic E-state index is 14.1. The molecule has 4 aliphatic rings. The number of aliphatic hydroxyl groups excluding tert-OH is 1. The molecule has 45 heavy (non-hydrogen) atoms. The lowest BCUT2D eigenvalue weighted by Gasteiger charge is -2.46. The zero-order valence-corrected chi connectivity index (χ0v) is 28.5. The third kappa shape index (κ3) is 7.56. The summed E-state index contributed by atoms with van der Waals surface area (Å²) >= 11 is 1.50. The quantitative estimate of drug-likeness (QED) is 0.226. The van der Waals surface area contributed by atoms with Crippen LogP contribution in [-0.2, 0) is 11.2 Å². The molecule has 1 saturated carbocycles. The van der Waals surface area contributed by atoms with E-state index in [0.717, 1.165) is 41.7 Å². The Labute approximate surface area is 273 Å². The Morgan fingerprint density at radius 1 is 1.13 bits per heavy atom. The molecule has 2 fully saturated rings. The molecule has 1 aliphatic heterocycles. The third-order valence-corrected chi connectivity index (χ3v) is 11.5. The second-order valence-corrected chi connectivity index (χ2v) is 15.6. The molecule has 5 unspecified atom stereocenters. The molecule has 2 aromatic rings. The molecule has 0 spiro atoms. The van der Waals surface area contributed by atoms with Crippen molar-refractivity contribution in [2.45, 2.75) is 122 Å². The van der Waals surface area contributed by atoms with Crippen LogP contribution in [0.15, 0.2) is 42.0 Å². The zero-order valence-electron chi connectivity index (χ0n) is 27.7. The van der Waals surface area contributed by atoms with E-state index in [1.807, 2.05) is 39.0 Å². The highest BCUT2D eigenvalue weighted by molar-refractivity contribution is 7.14. The van der Waals surface area contributed by atoms with Gasteiger partial charge in [-0.2, -0.15) is 0 Å². The summed E-state index contributed by atoms with van der Waals surface area (Å²) in [4.78, 5) is 31.3. The number of fused-ring (bicyclic) bond motifs is 8. The number of urea groups is 1. The van der Waals surface area contributed by atoms with Crippen LogP contribution in [0.3, 0.4) is 0 Å². The highest BCUT2D eigenvalue weighted by Crippen LogP contribution is 2.59. The van der Waals surface area contributed by atoms with E-state index in [9.17, 15) is 19.8 Å². The van der Waals surface area contributed by atoms with E-state index in [4.69, 9.17) is 4.74 Å². The van der Waals surface area contributed by atoms with Crippen molar-refractivity contribution in [3.8, 4) is 0 Å². The summed E-state index contributed by atoms with van der Waals surface area (Å²) in [5.41, 5.74) is 2.03. The molecule has 1 saturated heterocycles. The third-order valence-electron chi connectivity index (χ3n) is 10.5. The molecule has 7 nitrogen and oxygen atoms in total. The fourth-order valence-corrected chi connectivity index (χ4v) is 8.62. The van der Waals surface area contributed by atoms with Crippen molar-refractivity contribution in [1.29, 1.82) is 0 Å². The van der Waals surface area contributed by atoms with Gasteiger partial charge in [-0.05, 0) is 121 Å².